The number of halogens is 2. The Bertz CT molecular complexity index is 736. The molecule has 1 spiro atoms. The van der Waals surface area contributed by atoms with E-state index in [1.54, 1.807) is 12.2 Å². The highest BCUT2D eigenvalue weighted by atomic mass is 35.5. The second-order valence-corrected chi connectivity index (χ2v) is 6.17. The van der Waals surface area contributed by atoms with E-state index in [1.807, 2.05) is 0 Å². The third-order valence-corrected chi connectivity index (χ3v) is 4.89. The van der Waals surface area contributed by atoms with E-state index in [0.717, 1.165) is 0 Å². The Balaban J connectivity index is 1.74. The predicted octanol–water partition coefficient (Wildman–Crippen LogP) is 1.85. The molecular formula is C15H11ClFNO4. The summed E-state index contributed by atoms with van der Waals surface area (Å²) in [6.45, 7) is 0.204. The van der Waals surface area contributed by atoms with E-state index in [9.17, 15) is 19.1 Å². The third-order valence-electron chi connectivity index (χ3n) is 4.60. The minimum Gasteiger partial charge on any atom is -0.481 e. The maximum absolute atomic E-state index is 13.3. The summed E-state index contributed by atoms with van der Waals surface area (Å²) in [7, 11) is 0. The lowest BCUT2D eigenvalue weighted by Gasteiger charge is -2.21. The van der Waals surface area contributed by atoms with Crippen molar-refractivity contribution < 1.29 is 23.8 Å². The Morgan fingerprint density at radius 2 is 2.27 bits per heavy atom. The number of carboxylic acid groups (broad SMARTS) is 1. The highest BCUT2D eigenvalue weighted by molar-refractivity contribution is 6.31. The molecule has 1 amide bonds. The molecule has 3 heterocycles. The summed E-state index contributed by atoms with van der Waals surface area (Å²) in [4.78, 5) is 25.6. The minimum absolute atomic E-state index is 0.0876. The van der Waals surface area contributed by atoms with E-state index in [1.165, 1.54) is 23.1 Å². The summed E-state index contributed by atoms with van der Waals surface area (Å²) >= 11 is 5.76. The fourth-order valence-corrected chi connectivity index (χ4v) is 3.83. The highest BCUT2D eigenvalue weighted by Crippen LogP contribution is 2.52. The van der Waals surface area contributed by atoms with Crippen LogP contribution in [0.15, 0.2) is 30.4 Å². The molecule has 1 N–H and O–H groups in total. The third kappa shape index (κ3) is 1.62. The van der Waals surface area contributed by atoms with Crippen LogP contribution in [-0.4, -0.2) is 35.2 Å². The summed E-state index contributed by atoms with van der Waals surface area (Å²) in [6.07, 6.45) is 2.90. The number of rotatable bonds is 2. The molecule has 5 nitrogen and oxygen atoms in total. The van der Waals surface area contributed by atoms with Gasteiger partial charge in [-0.15, -0.1) is 0 Å². The number of amides is 1. The number of nitrogens with zero attached hydrogens (tertiary/aromatic N) is 1. The monoisotopic (exact) mass is 323 g/mol. The number of aliphatic carboxylic acids is 1. The van der Waals surface area contributed by atoms with Gasteiger partial charge in [0.05, 0.1) is 23.6 Å². The molecular weight excluding hydrogens is 313 g/mol. The van der Waals surface area contributed by atoms with E-state index in [-0.39, 0.29) is 17.5 Å². The van der Waals surface area contributed by atoms with Crippen LogP contribution in [0, 0.1) is 17.7 Å². The van der Waals surface area contributed by atoms with Crippen LogP contribution < -0.4 is 4.90 Å². The minimum atomic E-state index is -1.05. The molecule has 0 unspecified atom stereocenters. The largest absolute Gasteiger partial charge is 0.481 e. The van der Waals surface area contributed by atoms with Crippen molar-refractivity contribution in [3.8, 4) is 0 Å². The van der Waals surface area contributed by atoms with Crippen LogP contribution in [0.1, 0.15) is 0 Å². The van der Waals surface area contributed by atoms with Crippen molar-refractivity contribution in [1.29, 1.82) is 0 Å². The van der Waals surface area contributed by atoms with E-state index in [4.69, 9.17) is 16.3 Å². The van der Waals surface area contributed by atoms with Gasteiger partial charge in [0.1, 0.15) is 17.3 Å². The number of fused-ring (bicyclic) bond motifs is 1. The molecule has 7 heteroatoms. The second-order valence-electron chi connectivity index (χ2n) is 5.76. The van der Waals surface area contributed by atoms with Crippen molar-refractivity contribution >= 4 is 29.2 Å². The molecule has 2 fully saturated rings. The quantitative estimate of drug-likeness (QED) is 0.844. The molecule has 1 aromatic rings. The molecule has 114 valence electrons. The molecule has 3 aliphatic rings. The van der Waals surface area contributed by atoms with E-state index in [2.05, 4.69) is 0 Å². The zero-order valence-electron chi connectivity index (χ0n) is 11.2. The summed E-state index contributed by atoms with van der Waals surface area (Å²) < 4.78 is 19.1. The Kier molecular flexibility index (Phi) is 2.68. The van der Waals surface area contributed by atoms with Crippen LogP contribution >= 0.6 is 11.6 Å². The number of carbonyl (C=O) groups excluding carboxylic acids is 1. The number of ether oxygens (including phenoxy) is 1. The predicted molar refractivity (Wildman–Crippen MR) is 75.1 cm³/mol. The molecule has 0 aliphatic carbocycles. The van der Waals surface area contributed by atoms with Gasteiger partial charge in [-0.1, -0.05) is 23.8 Å². The van der Waals surface area contributed by atoms with E-state index < -0.39 is 35.3 Å². The highest BCUT2D eigenvalue weighted by Gasteiger charge is 2.67. The van der Waals surface area contributed by atoms with Crippen LogP contribution in [0.2, 0.25) is 5.02 Å². The van der Waals surface area contributed by atoms with Gasteiger partial charge in [-0.2, -0.15) is 0 Å². The summed E-state index contributed by atoms with van der Waals surface area (Å²) in [5, 5.41) is 9.29. The van der Waals surface area contributed by atoms with Gasteiger partial charge in [0.25, 0.3) is 0 Å². The average molecular weight is 324 g/mol. The molecule has 1 aromatic carbocycles. The number of anilines is 1. The van der Waals surface area contributed by atoms with Gasteiger partial charge in [0, 0.05) is 5.69 Å². The molecule has 2 bridgehead atoms. The molecule has 3 aliphatic heterocycles. The Labute approximate surface area is 129 Å². The van der Waals surface area contributed by atoms with Gasteiger partial charge in [-0.05, 0) is 18.2 Å². The first-order valence-corrected chi connectivity index (χ1v) is 7.17. The van der Waals surface area contributed by atoms with Crippen molar-refractivity contribution in [3.63, 3.8) is 0 Å². The normalized spacial score (nSPS) is 35.3. The lowest BCUT2D eigenvalue weighted by atomic mass is 9.77. The smallest absolute Gasteiger partial charge is 0.310 e. The van der Waals surface area contributed by atoms with Crippen LogP contribution in [0.25, 0.3) is 0 Å². The van der Waals surface area contributed by atoms with Crippen molar-refractivity contribution in [3.05, 3.63) is 41.2 Å². The lowest BCUT2D eigenvalue weighted by molar-refractivity contribution is -0.146. The zero-order chi connectivity index (χ0) is 15.6. The van der Waals surface area contributed by atoms with Crippen LogP contribution in [0.3, 0.4) is 0 Å². The first kappa shape index (κ1) is 13.7. The van der Waals surface area contributed by atoms with Gasteiger partial charge >= 0.3 is 5.97 Å². The number of hydrogen-bond donors (Lipinski definition) is 1. The molecule has 4 rings (SSSR count). The summed E-state index contributed by atoms with van der Waals surface area (Å²) in [6, 6.07) is 3.99. The second kappa shape index (κ2) is 4.30. The molecule has 0 radical (unpaired) electrons. The number of benzene rings is 1. The maximum atomic E-state index is 13.3. The van der Waals surface area contributed by atoms with Gasteiger partial charge in [0.15, 0.2) is 0 Å². The Hall–Kier alpha value is -1.92. The van der Waals surface area contributed by atoms with Gasteiger partial charge in [0.2, 0.25) is 5.91 Å². The van der Waals surface area contributed by atoms with Gasteiger partial charge in [-0.25, -0.2) is 4.39 Å². The van der Waals surface area contributed by atoms with Crippen LogP contribution in [0.4, 0.5) is 10.1 Å². The fourth-order valence-electron chi connectivity index (χ4n) is 3.65. The SMILES string of the molecule is O=C(O)[C@H]1[C@H]2C(=O)N(c3ccc(F)c(Cl)c3)C[C@@]23C=C[C@H]1O3. The Morgan fingerprint density at radius 3 is 2.95 bits per heavy atom. The molecule has 0 aromatic heterocycles. The van der Waals surface area contributed by atoms with Gasteiger partial charge in [-0.3, -0.25) is 9.59 Å². The fraction of sp³-hybridized carbons (Fsp3) is 0.333. The molecule has 22 heavy (non-hydrogen) atoms. The van der Waals surface area contributed by atoms with E-state index >= 15 is 0 Å². The number of carboxylic acids is 1. The van der Waals surface area contributed by atoms with Crippen LogP contribution in [-0.2, 0) is 14.3 Å². The summed E-state index contributed by atoms with van der Waals surface area (Å²) in [5.74, 6) is -3.60. The number of hydrogen-bond acceptors (Lipinski definition) is 3. The van der Waals surface area contributed by atoms with Crippen molar-refractivity contribution in [2.45, 2.75) is 11.7 Å². The standard InChI is InChI=1S/C15H11ClFNO4/c16-8-5-7(1-2-9(8)17)18-6-15-4-3-10(22-15)11(14(20)21)12(15)13(18)19/h1-5,10-12H,6H2,(H,20,21)/t10-,11-,12+,15+/m1/s1. The zero-order valence-corrected chi connectivity index (χ0v) is 12.0. The van der Waals surface area contributed by atoms with Crippen molar-refractivity contribution in [1.82, 2.24) is 0 Å². The first-order valence-electron chi connectivity index (χ1n) is 6.79. The molecule has 4 atom stereocenters. The molecule has 0 saturated carbocycles. The Morgan fingerprint density at radius 1 is 1.50 bits per heavy atom. The van der Waals surface area contributed by atoms with E-state index in [0.29, 0.717) is 5.69 Å². The molecule has 2 saturated heterocycles. The topological polar surface area (TPSA) is 66.8 Å². The van der Waals surface area contributed by atoms with Crippen molar-refractivity contribution in [2.24, 2.45) is 11.8 Å². The maximum Gasteiger partial charge on any atom is 0.310 e. The van der Waals surface area contributed by atoms with Gasteiger partial charge < -0.3 is 14.7 Å². The van der Waals surface area contributed by atoms with Crippen molar-refractivity contribution in [2.75, 3.05) is 11.4 Å². The lowest BCUT2D eigenvalue weighted by Crippen LogP contribution is -2.39. The average Bonchev–Trinajstić information content (AvgIpc) is 3.10. The first-order chi connectivity index (χ1) is 10.4. The van der Waals surface area contributed by atoms with Crippen LogP contribution in [0.5, 0.6) is 0 Å². The summed E-state index contributed by atoms with van der Waals surface area (Å²) in [5.41, 5.74) is -0.476. The number of carbonyl (C=O) groups is 2.